The first-order chi connectivity index (χ1) is 20.2. The maximum absolute atomic E-state index is 13.0. The van der Waals surface area contributed by atoms with Gasteiger partial charge >= 0.3 is 0 Å². The minimum Gasteiger partial charge on any atom is -0.362 e. The lowest BCUT2D eigenvalue weighted by Crippen LogP contribution is -2.23. The van der Waals surface area contributed by atoms with Gasteiger partial charge in [0.25, 0.3) is 5.91 Å². The molecule has 0 aliphatic rings. The Balaban J connectivity index is 1.37. The van der Waals surface area contributed by atoms with E-state index in [1.165, 1.54) is 6.20 Å². The van der Waals surface area contributed by atoms with E-state index < -0.39 is 0 Å². The molecule has 0 saturated heterocycles. The molecule has 9 nitrogen and oxygen atoms in total. The fraction of sp³-hybridized carbons (Fsp3) is 0.0938. The zero-order chi connectivity index (χ0) is 28.0. The summed E-state index contributed by atoms with van der Waals surface area (Å²) in [6, 6.07) is 23.8. The second kappa shape index (κ2) is 11.7. The SMILES string of the molecule is Cc1cnc(CNC(=O)c2cncc(-c3nnc(NCc4ccccn4)c4c(-c5ccccc5)cccc34)c2)cn1. The smallest absolute Gasteiger partial charge is 0.253 e. The molecule has 4 heterocycles. The lowest BCUT2D eigenvalue weighted by atomic mass is 9.96. The topological polar surface area (TPSA) is 118 Å². The highest BCUT2D eigenvalue weighted by Crippen LogP contribution is 2.37. The van der Waals surface area contributed by atoms with Gasteiger partial charge in [-0.15, -0.1) is 10.2 Å². The Morgan fingerprint density at radius 2 is 1.63 bits per heavy atom. The number of aromatic nitrogens is 6. The Hall–Kier alpha value is -5.57. The molecule has 0 atom stereocenters. The predicted molar refractivity (Wildman–Crippen MR) is 158 cm³/mol. The van der Waals surface area contributed by atoms with Crippen LogP contribution in [0, 0.1) is 6.92 Å². The number of rotatable bonds is 8. The number of hydrogen-bond acceptors (Lipinski definition) is 8. The first kappa shape index (κ1) is 25.7. The van der Waals surface area contributed by atoms with Gasteiger partial charge in [-0.05, 0) is 36.2 Å². The molecular formula is C32H26N8O. The summed E-state index contributed by atoms with van der Waals surface area (Å²) in [4.78, 5) is 30.3. The van der Waals surface area contributed by atoms with Crippen LogP contribution < -0.4 is 10.6 Å². The summed E-state index contributed by atoms with van der Waals surface area (Å²) in [5, 5.41) is 17.3. The Kier molecular flexibility index (Phi) is 7.31. The van der Waals surface area contributed by atoms with Crippen LogP contribution in [0.25, 0.3) is 33.2 Å². The summed E-state index contributed by atoms with van der Waals surface area (Å²) in [6.07, 6.45) is 8.32. The van der Waals surface area contributed by atoms with Gasteiger partial charge in [-0.1, -0.05) is 54.6 Å². The van der Waals surface area contributed by atoms with Crippen molar-refractivity contribution in [1.29, 1.82) is 0 Å². The van der Waals surface area contributed by atoms with Crippen molar-refractivity contribution in [2.24, 2.45) is 0 Å². The highest BCUT2D eigenvalue weighted by atomic mass is 16.1. The number of fused-ring (bicyclic) bond motifs is 1. The number of benzene rings is 2. The highest BCUT2D eigenvalue weighted by Gasteiger charge is 2.17. The summed E-state index contributed by atoms with van der Waals surface area (Å²) >= 11 is 0. The van der Waals surface area contributed by atoms with Crippen LogP contribution in [0.1, 0.15) is 27.4 Å². The Labute approximate surface area is 236 Å². The first-order valence-electron chi connectivity index (χ1n) is 13.2. The molecule has 2 aromatic carbocycles. The van der Waals surface area contributed by atoms with Crippen LogP contribution in [0.4, 0.5) is 5.82 Å². The van der Waals surface area contributed by atoms with Crippen molar-refractivity contribution in [3.05, 3.63) is 126 Å². The van der Waals surface area contributed by atoms with E-state index in [0.29, 0.717) is 34.9 Å². The Bertz CT molecular complexity index is 1810. The van der Waals surface area contributed by atoms with E-state index in [9.17, 15) is 4.79 Å². The predicted octanol–water partition coefficient (Wildman–Crippen LogP) is 5.39. The van der Waals surface area contributed by atoms with Crippen LogP contribution >= 0.6 is 0 Å². The molecule has 41 heavy (non-hydrogen) atoms. The largest absolute Gasteiger partial charge is 0.362 e. The van der Waals surface area contributed by atoms with Crippen LogP contribution in [0.5, 0.6) is 0 Å². The molecule has 6 rings (SSSR count). The van der Waals surface area contributed by atoms with Gasteiger partial charge in [-0.2, -0.15) is 0 Å². The molecule has 0 saturated carbocycles. The number of nitrogens with one attached hydrogen (secondary N) is 2. The van der Waals surface area contributed by atoms with Gasteiger partial charge in [-0.25, -0.2) is 0 Å². The summed E-state index contributed by atoms with van der Waals surface area (Å²) in [7, 11) is 0. The standard InChI is InChI=1S/C32H26N8O/c1-21-15-36-26(19-35-21)20-38-32(41)24-14-23(16-33-17-24)30-28-12-7-11-27(22-8-3-2-4-9-22)29(28)31(40-39-30)37-18-25-10-5-6-13-34-25/h2-17,19H,18,20H2,1H3,(H,37,40)(H,38,41). The molecule has 2 N–H and O–H groups in total. The summed E-state index contributed by atoms with van der Waals surface area (Å²) in [5.41, 5.74) is 6.19. The molecule has 0 spiro atoms. The van der Waals surface area contributed by atoms with Crippen molar-refractivity contribution in [3.8, 4) is 22.4 Å². The molecule has 0 fully saturated rings. The number of carbonyl (C=O) groups is 1. The van der Waals surface area contributed by atoms with E-state index in [2.05, 4.69) is 59.0 Å². The van der Waals surface area contributed by atoms with Crippen LogP contribution in [0.15, 0.2) is 104 Å². The van der Waals surface area contributed by atoms with Crippen molar-refractivity contribution >= 4 is 22.5 Å². The number of nitrogens with zero attached hydrogens (tertiary/aromatic N) is 6. The van der Waals surface area contributed by atoms with E-state index in [1.807, 2.05) is 55.5 Å². The molecule has 1 amide bonds. The fourth-order valence-corrected chi connectivity index (χ4v) is 4.56. The monoisotopic (exact) mass is 538 g/mol. The van der Waals surface area contributed by atoms with Gasteiger partial charge in [-0.3, -0.25) is 24.7 Å². The number of aryl methyl sites for hydroxylation is 1. The van der Waals surface area contributed by atoms with Crippen LogP contribution in [-0.4, -0.2) is 36.0 Å². The maximum atomic E-state index is 13.0. The third-order valence-corrected chi connectivity index (χ3v) is 6.59. The third kappa shape index (κ3) is 5.74. The fourth-order valence-electron chi connectivity index (χ4n) is 4.56. The number of amides is 1. The third-order valence-electron chi connectivity index (χ3n) is 6.59. The van der Waals surface area contributed by atoms with E-state index in [-0.39, 0.29) is 12.5 Å². The second-order valence-electron chi connectivity index (χ2n) is 9.46. The zero-order valence-corrected chi connectivity index (χ0v) is 22.3. The number of pyridine rings is 2. The molecule has 0 unspecified atom stereocenters. The number of carbonyl (C=O) groups excluding carboxylic acids is 1. The van der Waals surface area contributed by atoms with Crippen LogP contribution in [0.3, 0.4) is 0 Å². The Morgan fingerprint density at radius 1 is 0.756 bits per heavy atom. The van der Waals surface area contributed by atoms with Gasteiger partial charge in [0.1, 0.15) is 5.69 Å². The zero-order valence-electron chi connectivity index (χ0n) is 22.3. The van der Waals surface area contributed by atoms with Gasteiger partial charge < -0.3 is 10.6 Å². The lowest BCUT2D eigenvalue weighted by Gasteiger charge is -2.15. The summed E-state index contributed by atoms with van der Waals surface area (Å²) in [6.45, 7) is 2.62. The van der Waals surface area contributed by atoms with Gasteiger partial charge in [0, 0.05) is 41.1 Å². The van der Waals surface area contributed by atoms with Crippen molar-refractivity contribution in [3.63, 3.8) is 0 Å². The second-order valence-corrected chi connectivity index (χ2v) is 9.46. The van der Waals surface area contributed by atoms with Crippen molar-refractivity contribution in [2.45, 2.75) is 20.0 Å². The maximum Gasteiger partial charge on any atom is 0.253 e. The first-order valence-corrected chi connectivity index (χ1v) is 13.2. The van der Waals surface area contributed by atoms with Crippen LogP contribution in [-0.2, 0) is 13.1 Å². The van der Waals surface area contributed by atoms with Crippen molar-refractivity contribution in [1.82, 2.24) is 35.5 Å². The lowest BCUT2D eigenvalue weighted by molar-refractivity contribution is 0.0950. The quantitative estimate of drug-likeness (QED) is 0.265. The molecule has 0 bridgehead atoms. The Morgan fingerprint density at radius 3 is 2.44 bits per heavy atom. The molecular weight excluding hydrogens is 512 g/mol. The normalized spacial score (nSPS) is 10.9. The summed E-state index contributed by atoms with van der Waals surface area (Å²) < 4.78 is 0. The molecule has 4 aromatic heterocycles. The van der Waals surface area contributed by atoms with Crippen molar-refractivity contribution < 1.29 is 4.79 Å². The van der Waals surface area contributed by atoms with E-state index in [0.717, 1.165) is 33.3 Å². The average Bonchev–Trinajstić information content (AvgIpc) is 3.04. The van der Waals surface area contributed by atoms with Gasteiger partial charge in [0.05, 0.1) is 41.9 Å². The summed E-state index contributed by atoms with van der Waals surface area (Å²) in [5.74, 6) is 0.382. The molecule has 0 aliphatic heterocycles. The molecule has 0 radical (unpaired) electrons. The minimum absolute atomic E-state index is 0.260. The van der Waals surface area contributed by atoms with Crippen LogP contribution in [0.2, 0.25) is 0 Å². The molecule has 200 valence electrons. The van der Waals surface area contributed by atoms with E-state index in [4.69, 9.17) is 0 Å². The number of anilines is 1. The average molecular weight is 539 g/mol. The molecule has 6 aromatic rings. The number of hydrogen-bond donors (Lipinski definition) is 2. The van der Waals surface area contributed by atoms with E-state index >= 15 is 0 Å². The molecule has 9 heteroatoms. The minimum atomic E-state index is -0.266. The van der Waals surface area contributed by atoms with Gasteiger partial charge in [0.15, 0.2) is 5.82 Å². The molecule has 0 aliphatic carbocycles. The van der Waals surface area contributed by atoms with Crippen molar-refractivity contribution in [2.75, 3.05) is 5.32 Å². The highest BCUT2D eigenvalue weighted by molar-refractivity contribution is 6.08. The van der Waals surface area contributed by atoms with E-state index in [1.54, 1.807) is 30.9 Å². The van der Waals surface area contributed by atoms with Gasteiger partial charge in [0.2, 0.25) is 0 Å².